The third-order valence-electron chi connectivity index (χ3n) is 2.87. The van der Waals surface area contributed by atoms with Gasteiger partial charge in [-0.3, -0.25) is 4.79 Å². The molecule has 0 spiro atoms. The number of hydrogen-bond donors (Lipinski definition) is 1. The number of rotatable bonds is 2. The molecule has 1 aromatic carbocycles. The zero-order valence-corrected chi connectivity index (χ0v) is 9.57. The van der Waals surface area contributed by atoms with Gasteiger partial charge in [-0.15, -0.1) is 0 Å². The molecule has 1 radical (unpaired) electrons. The number of carbonyl (C=O) groups excluding carboxylic acids is 1. The molecule has 0 saturated carbocycles. The van der Waals surface area contributed by atoms with Gasteiger partial charge < -0.3 is 5.11 Å². The van der Waals surface area contributed by atoms with Crippen molar-refractivity contribution in [3.8, 4) is 5.75 Å². The van der Waals surface area contributed by atoms with Gasteiger partial charge in [0.15, 0.2) is 5.78 Å². The van der Waals surface area contributed by atoms with Crippen LogP contribution in [0.4, 0.5) is 0 Å². The van der Waals surface area contributed by atoms with Crippen molar-refractivity contribution in [3.63, 3.8) is 0 Å². The van der Waals surface area contributed by atoms with E-state index in [1.54, 1.807) is 6.07 Å². The molecular formula is C12H13ClNO2. The smallest absolute Gasteiger partial charge is 0.169 e. The average Bonchev–Trinajstić information content (AvgIpc) is 2.32. The maximum absolute atomic E-state index is 12.1. The number of nitrogens with zero attached hydrogens (tertiary/aromatic N) is 1. The van der Waals surface area contributed by atoms with Crippen molar-refractivity contribution in [2.75, 3.05) is 13.1 Å². The van der Waals surface area contributed by atoms with Gasteiger partial charge in [-0.05, 0) is 31.0 Å². The largest absolute Gasteiger partial charge is 0.507 e. The number of aromatic hydroxyl groups is 1. The van der Waals surface area contributed by atoms with E-state index in [1.807, 2.05) is 0 Å². The Morgan fingerprint density at radius 1 is 1.38 bits per heavy atom. The van der Waals surface area contributed by atoms with Crippen molar-refractivity contribution in [1.82, 2.24) is 5.32 Å². The minimum atomic E-state index is -0.0260. The molecule has 85 valence electrons. The molecule has 0 aromatic heterocycles. The van der Waals surface area contributed by atoms with E-state index in [9.17, 15) is 9.90 Å². The summed E-state index contributed by atoms with van der Waals surface area (Å²) < 4.78 is 0. The monoisotopic (exact) mass is 238 g/mol. The van der Waals surface area contributed by atoms with E-state index in [-0.39, 0.29) is 17.5 Å². The molecule has 0 atom stereocenters. The molecular weight excluding hydrogens is 226 g/mol. The molecule has 1 N–H and O–H groups in total. The molecule has 0 unspecified atom stereocenters. The highest BCUT2D eigenvalue weighted by Gasteiger charge is 2.24. The van der Waals surface area contributed by atoms with Crippen LogP contribution >= 0.6 is 11.6 Å². The van der Waals surface area contributed by atoms with E-state index in [2.05, 4.69) is 5.32 Å². The van der Waals surface area contributed by atoms with E-state index in [0.29, 0.717) is 10.6 Å². The Hall–Kier alpha value is -1.06. The molecule has 1 aliphatic heterocycles. The molecule has 1 saturated heterocycles. The molecule has 4 heteroatoms. The fourth-order valence-electron chi connectivity index (χ4n) is 1.94. The normalized spacial score (nSPS) is 17.3. The SMILES string of the molecule is O=C(c1cc(Cl)ccc1O)C1CC[N]CC1. The quantitative estimate of drug-likeness (QED) is 0.804. The van der Waals surface area contributed by atoms with Gasteiger partial charge in [0.2, 0.25) is 0 Å². The van der Waals surface area contributed by atoms with Crippen molar-refractivity contribution in [3.05, 3.63) is 28.8 Å². The van der Waals surface area contributed by atoms with Crippen molar-refractivity contribution in [2.24, 2.45) is 5.92 Å². The first-order valence-electron chi connectivity index (χ1n) is 5.34. The van der Waals surface area contributed by atoms with Crippen molar-refractivity contribution < 1.29 is 9.90 Å². The van der Waals surface area contributed by atoms with Crippen LogP contribution in [0.5, 0.6) is 5.75 Å². The highest BCUT2D eigenvalue weighted by Crippen LogP contribution is 2.27. The summed E-state index contributed by atoms with van der Waals surface area (Å²) in [6, 6.07) is 4.57. The van der Waals surface area contributed by atoms with E-state index in [4.69, 9.17) is 11.6 Å². The molecule has 0 amide bonds. The van der Waals surface area contributed by atoms with Crippen LogP contribution in [0, 0.1) is 5.92 Å². The Kier molecular flexibility index (Phi) is 3.46. The van der Waals surface area contributed by atoms with Gasteiger partial charge >= 0.3 is 0 Å². The molecule has 1 fully saturated rings. The first kappa shape index (κ1) is 11.4. The van der Waals surface area contributed by atoms with Gasteiger partial charge in [-0.1, -0.05) is 11.6 Å². The fourth-order valence-corrected chi connectivity index (χ4v) is 2.11. The summed E-state index contributed by atoms with van der Waals surface area (Å²) in [6.45, 7) is 1.47. The average molecular weight is 239 g/mol. The van der Waals surface area contributed by atoms with Gasteiger partial charge in [-0.25, -0.2) is 5.32 Å². The summed E-state index contributed by atoms with van der Waals surface area (Å²) >= 11 is 5.82. The standard InChI is InChI=1S/C12H13ClNO2/c13-9-1-2-11(15)10(7-9)12(16)8-3-5-14-6-4-8/h1-2,7-8,15H,3-6H2. The highest BCUT2D eigenvalue weighted by atomic mass is 35.5. The number of benzene rings is 1. The summed E-state index contributed by atoms with van der Waals surface area (Å²) in [7, 11) is 0. The Bertz CT molecular complexity index is 400. The molecule has 1 aromatic rings. The van der Waals surface area contributed by atoms with Crippen LogP contribution in [0.25, 0.3) is 0 Å². The molecule has 0 aliphatic carbocycles. The number of phenols is 1. The highest BCUT2D eigenvalue weighted by molar-refractivity contribution is 6.31. The predicted octanol–water partition coefficient (Wildman–Crippen LogP) is 2.24. The number of Topliss-reactive ketones (excluding diaryl/α,β-unsaturated/α-hetero) is 1. The van der Waals surface area contributed by atoms with Crippen LogP contribution in [-0.4, -0.2) is 24.0 Å². The minimum Gasteiger partial charge on any atom is -0.507 e. The minimum absolute atomic E-state index is 0.0110. The summed E-state index contributed by atoms with van der Waals surface area (Å²) in [4.78, 5) is 12.1. The molecule has 2 rings (SSSR count). The van der Waals surface area contributed by atoms with Gasteiger partial charge in [-0.2, -0.15) is 0 Å². The number of piperidine rings is 1. The van der Waals surface area contributed by atoms with E-state index < -0.39 is 0 Å². The first-order valence-corrected chi connectivity index (χ1v) is 5.72. The van der Waals surface area contributed by atoms with Gasteiger partial charge in [0.25, 0.3) is 0 Å². The third-order valence-corrected chi connectivity index (χ3v) is 3.10. The lowest BCUT2D eigenvalue weighted by atomic mass is 9.89. The Balaban J connectivity index is 2.22. The summed E-state index contributed by atoms with van der Waals surface area (Å²) in [5.74, 6) is -0.0336. The van der Waals surface area contributed by atoms with Crippen molar-refractivity contribution >= 4 is 17.4 Å². The molecule has 0 bridgehead atoms. The van der Waals surface area contributed by atoms with E-state index in [1.165, 1.54) is 12.1 Å². The maximum Gasteiger partial charge on any atom is 0.169 e. The predicted molar refractivity (Wildman–Crippen MR) is 62.0 cm³/mol. The number of phenolic OH excluding ortho intramolecular Hbond substituents is 1. The maximum atomic E-state index is 12.1. The van der Waals surface area contributed by atoms with Crippen LogP contribution < -0.4 is 5.32 Å². The lowest BCUT2D eigenvalue weighted by Crippen LogP contribution is -2.27. The molecule has 16 heavy (non-hydrogen) atoms. The molecule has 1 heterocycles. The van der Waals surface area contributed by atoms with Crippen LogP contribution in [0.1, 0.15) is 23.2 Å². The fraction of sp³-hybridized carbons (Fsp3) is 0.417. The topological polar surface area (TPSA) is 51.4 Å². The van der Waals surface area contributed by atoms with Crippen molar-refractivity contribution in [2.45, 2.75) is 12.8 Å². The Labute approximate surface area is 99.4 Å². The second kappa shape index (κ2) is 4.85. The number of halogens is 1. The zero-order valence-electron chi connectivity index (χ0n) is 8.82. The van der Waals surface area contributed by atoms with Crippen molar-refractivity contribution in [1.29, 1.82) is 0 Å². The van der Waals surface area contributed by atoms with Crippen LogP contribution in [0.15, 0.2) is 18.2 Å². The van der Waals surface area contributed by atoms with Crippen LogP contribution in [0.2, 0.25) is 5.02 Å². The van der Waals surface area contributed by atoms with Gasteiger partial charge in [0, 0.05) is 24.0 Å². The second-order valence-electron chi connectivity index (χ2n) is 3.97. The second-order valence-corrected chi connectivity index (χ2v) is 4.41. The van der Waals surface area contributed by atoms with Gasteiger partial charge in [0.1, 0.15) is 5.75 Å². The van der Waals surface area contributed by atoms with Crippen LogP contribution in [0.3, 0.4) is 0 Å². The Morgan fingerprint density at radius 2 is 2.06 bits per heavy atom. The first-order chi connectivity index (χ1) is 7.68. The van der Waals surface area contributed by atoms with Crippen LogP contribution in [-0.2, 0) is 0 Å². The summed E-state index contributed by atoms with van der Waals surface area (Å²) in [6.07, 6.45) is 1.54. The lowest BCUT2D eigenvalue weighted by molar-refractivity contribution is 0.0891. The number of hydrogen-bond acceptors (Lipinski definition) is 2. The van der Waals surface area contributed by atoms with E-state index in [0.717, 1.165) is 25.9 Å². The van der Waals surface area contributed by atoms with Gasteiger partial charge in [0.05, 0.1) is 5.56 Å². The van der Waals surface area contributed by atoms with E-state index >= 15 is 0 Å². The molecule has 3 nitrogen and oxygen atoms in total. The number of carbonyl (C=O) groups is 1. The number of ketones is 1. The zero-order chi connectivity index (χ0) is 11.5. The third kappa shape index (κ3) is 2.36. The lowest BCUT2D eigenvalue weighted by Gasteiger charge is -2.20. The Morgan fingerprint density at radius 3 is 2.75 bits per heavy atom. The summed E-state index contributed by atoms with van der Waals surface area (Å²) in [5.41, 5.74) is 0.333. The summed E-state index contributed by atoms with van der Waals surface area (Å²) in [5, 5.41) is 14.3. The molecule has 1 aliphatic rings.